The number of nitrogens with zero attached hydrogens (tertiary/aromatic N) is 4. The lowest BCUT2D eigenvalue weighted by Crippen LogP contribution is -2.49. The predicted molar refractivity (Wildman–Crippen MR) is 134 cm³/mol. The minimum Gasteiger partial charge on any atom is -0.376 e. The number of halogens is 1. The number of ether oxygens (including phenoxy) is 2. The molecule has 0 spiro atoms. The standard InChI is InChI=1S/C22H41N5O3.HI/c1-3-23-22(24-9-12-25-13-15-26(16-14-25)19(2)28)27-10-7-20(8-11-27)30-18-21-6-4-5-17-29-21;/h20-21H,3-18H2,1-2H3,(H,23,24);1H. The largest absolute Gasteiger partial charge is 0.376 e. The van der Waals surface area contributed by atoms with Gasteiger partial charge in [-0.05, 0) is 39.0 Å². The summed E-state index contributed by atoms with van der Waals surface area (Å²) in [5.41, 5.74) is 0. The molecule has 3 rings (SSSR count). The van der Waals surface area contributed by atoms with Crippen molar-refractivity contribution in [3.8, 4) is 0 Å². The summed E-state index contributed by atoms with van der Waals surface area (Å²) in [5, 5.41) is 3.45. The molecular weight excluding hydrogens is 509 g/mol. The lowest BCUT2D eigenvalue weighted by Gasteiger charge is -2.35. The maximum absolute atomic E-state index is 11.5. The number of amides is 1. The minimum absolute atomic E-state index is 0. The van der Waals surface area contributed by atoms with Gasteiger partial charge in [-0.1, -0.05) is 0 Å². The SMILES string of the molecule is CCNC(=NCCN1CCN(C(C)=O)CC1)N1CCC(OCC2CCCCO2)CC1.I. The van der Waals surface area contributed by atoms with Crippen LogP contribution in [-0.2, 0) is 14.3 Å². The Morgan fingerprint density at radius 3 is 2.42 bits per heavy atom. The van der Waals surface area contributed by atoms with Crippen LogP contribution in [-0.4, -0.2) is 111 Å². The second-order valence-electron chi connectivity index (χ2n) is 8.59. The first-order chi connectivity index (χ1) is 14.7. The zero-order valence-electron chi connectivity index (χ0n) is 19.4. The van der Waals surface area contributed by atoms with Gasteiger partial charge in [0.1, 0.15) is 0 Å². The van der Waals surface area contributed by atoms with E-state index in [-0.39, 0.29) is 29.9 Å². The van der Waals surface area contributed by atoms with E-state index in [0.717, 1.165) is 97.3 Å². The van der Waals surface area contributed by atoms with Crippen LogP contribution >= 0.6 is 24.0 Å². The van der Waals surface area contributed by atoms with Crippen molar-refractivity contribution in [3.05, 3.63) is 0 Å². The monoisotopic (exact) mass is 551 g/mol. The number of guanidine groups is 1. The molecule has 0 radical (unpaired) electrons. The molecular formula is C22H42IN5O3. The Hall–Kier alpha value is -0.650. The molecule has 0 bridgehead atoms. The zero-order chi connectivity index (χ0) is 21.2. The number of hydrogen-bond acceptors (Lipinski definition) is 5. The molecule has 8 nitrogen and oxygen atoms in total. The van der Waals surface area contributed by atoms with E-state index in [4.69, 9.17) is 14.5 Å². The number of rotatable bonds is 7. The third-order valence-corrected chi connectivity index (χ3v) is 6.36. The number of hydrogen-bond donors (Lipinski definition) is 1. The Kier molecular flexibility index (Phi) is 12.4. The lowest BCUT2D eigenvalue weighted by molar-refractivity contribution is -0.130. The zero-order valence-corrected chi connectivity index (χ0v) is 21.7. The van der Waals surface area contributed by atoms with Crippen molar-refractivity contribution in [3.63, 3.8) is 0 Å². The third kappa shape index (κ3) is 9.01. The smallest absolute Gasteiger partial charge is 0.219 e. The van der Waals surface area contributed by atoms with Crippen LogP contribution in [0, 0.1) is 0 Å². The van der Waals surface area contributed by atoms with E-state index < -0.39 is 0 Å². The fourth-order valence-corrected chi connectivity index (χ4v) is 4.43. The third-order valence-electron chi connectivity index (χ3n) is 6.36. The summed E-state index contributed by atoms with van der Waals surface area (Å²) in [5.74, 6) is 1.20. The maximum atomic E-state index is 11.5. The Bertz CT molecular complexity index is 543. The highest BCUT2D eigenvalue weighted by Gasteiger charge is 2.24. The van der Waals surface area contributed by atoms with Gasteiger partial charge in [-0.25, -0.2) is 0 Å². The van der Waals surface area contributed by atoms with Crippen LogP contribution in [0.1, 0.15) is 46.0 Å². The van der Waals surface area contributed by atoms with Crippen molar-refractivity contribution in [1.82, 2.24) is 20.0 Å². The molecule has 3 aliphatic heterocycles. The molecule has 0 aromatic heterocycles. The lowest BCUT2D eigenvalue weighted by atomic mass is 10.1. The molecule has 1 atom stereocenters. The summed E-state index contributed by atoms with van der Waals surface area (Å²) >= 11 is 0. The number of carbonyl (C=O) groups is 1. The van der Waals surface area contributed by atoms with Gasteiger partial charge in [-0.2, -0.15) is 0 Å². The van der Waals surface area contributed by atoms with Crippen molar-refractivity contribution >= 4 is 35.8 Å². The van der Waals surface area contributed by atoms with Crippen LogP contribution < -0.4 is 5.32 Å². The van der Waals surface area contributed by atoms with Gasteiger partial charge >= 0.3 is 0 Å². The van der Waals surface area contributed by atoms with Gasteiger partial charge in [0.25, 0.3) is 0 Å². The first-order valence-electron chi connectivity index (χ1n) is 11.9. The minimum atomic E-state index is 0. The molecule has 0 aliphatic carbocycles. The van der Waals surface area contributed by atoms with Crippen LogP contribution in [0.5, 0.6) is 0 Å². The van der Waals surface area contributed by atoms with Crippen LogP contribution in [0.2, 0.25) is 0 Å². The first-order valence-corrected chi connectivity index (χ1v) is 11.9. The van der Waals surface area contributed by atoms with Crippen molar-refractivity contribution in [1.29, 1.82) is 0 Å². The fraction of sp³-hybridized carbons (Fsp3) is 0.909. The molecule has 1 amide bonds. The van der Waals surface area contributed by atoms with Crippen molar-refractivity contribution in [2.24, 2.45) is 4.99 Å². The van der Waals surface area contributed by atoms with Gasteiger partial charge in [-0.3, -0.25) is 14.7 Å². The van der Waals surface area contributed by atoms with Gasteiger partial charge in [0, 0.05) is 65.9 Å². The molecule has 3 fully saturated rings. The van der Waals surface area contributed by atoms with Gasteiger partial charge in [0.15, 0.2) is 5.96 Å². The molecule has 0 aromatic carbocycles. The molecule has 3 heterocycles. The molecule has 1 N–H and O–H groups in total. The summed E-state index contributed by atoms with van der Waals surface area (Å²) in [6, 6.07) is 0. The molecule has 0 saturated carbocycles. The van der Waals surface area contributed by atoms with Gasteiger partial charge in [0.2, 0.25) is 5.91 Å². The highest BCUT2D eigenvalue weighted by atomic mass is 127. The fourth-order valence-electron chi connectivity index (χ4n) is 4.43. The average molecular weight is 552 g/mol. The molecule has 3 saturated heterocycles. The van der Waals surface area contributed by atoms with Crippen molar-refractivity contribution in [2.75, 3.05) is 72.1 Å². The average Bonchev–Trinajstić information content (AvgIpc) is 2.78. The van der Waals surface area contributed by atoms with E-state index in [1.807, 2.05) is 4.90 Å². The number of piperidine rings is 1. The summed E-state index contributed by atoms with van der Waals surface area (Å²) in [6.45, 7) is 13.5. The number of aliphatic imine (C=N–C) groups is 1. The van der Waals surface area contributed by atoms with E-state index in [1.54, 1.807) is 6.92 Å². The second kappa shape index (κ2) is 14.5. The number of carbonyl (C=O) groups excluding carboxylic acids is 1. The summed E-state index contributed by atoms with van der Waals surface area (Å²) in [6.07, 6.45) is 6.33. The highest BCUT2D eigenvalue weighted by molar-refractivity contribution is 14.0. The van der Waals surface area contributed by atoms with Crippen LogP contribution in [0.4, 0.5) is 0 Å². The summed E-state index contributed by atoms with van der Waals surface area (Å²) < 4.78 is 11.9. The molecule has 0 aromatic rings. The highest BCUT2D eigenvalue weighted by Crippen LogP contribution is 2.18. The van der Waals surface area contributed by atoms with Crippen LogP contribution in [0.3, 0.4) is 0 Å². The van der Waals surface area contributed by atoms with Gasteiger partial charge in [-0.15, -0.1) is 24.0 Å². The van der Waals surface area contributed by atoms with Crippen LogP contribution in [0.25, 0.3) is 0 Å². The van der Waals surface area contributed by atoms with E-state index in [2.05, 4.69) is 22.0 Å². The molecule has 180 valence electrons. The second-order valence-corrected chi connectivity index (χ2v) is 8.59. The normalized spacial score (nSPS) is 24.1. The number of nitrogens with one attached hydrogen (secondary N) is 1. The molecule has 3 aliphatic rings. The molecule has 9 heteroatoms. The molecule has 31 heavy (non-hydrogen) atoms. The summed E-state index contributed by atoms with van der Waals surface area (Å²) in [7, 11) is 0. The Morgan fingerprint density at radius 2 is 1.81 bits per heavy atom. The van der Waals surface area contributed by atoms with Gasteiger partial charge in [0.05, 0.1) is 25.4 Å². The van der Waals surface area contributed by atoms with E-state index in [9.17, 15) is 4.79 Å². The van der Waals surface area contributed by atoms with Gasteiger partial charge < -0.3 is 24.6 Å². The summed E-state index contributed by atoms with van der Waals surface area (Å²) in [4.78, 5) is 23.0. The Labute approximate surface area is 205 Å². The Morgan fingerprint density at radius 1 is 1.06 bits per heavy atom. The van der Waals surface area contributed by atoms with Crippen molar-refractivity contribution in [2.45, 2.75) is 58.2 Å². The van der Waals surface area contributed by atoms with E-state index in [0.29, 0.717) is 12.2 Å². The maximum Gasteiger partial charge on any atom is 0.219 e. The predicted octanol–water partition coefficient (Wildman–Crippen LogP) is 1.78. The van der Waals surface area contributed by atoms with Crippen molar-refractivity contribution < 1.29 is 14.3 Å². The quantitative estimate of drug-likeness (QED) is 0.296. The number of likely N-dealkylation sites (tertiary alicyclic amines) is 1. The topological polar surface area (TPSA) is 69.6 Å². The van der Waals surface area contributed by atoms with E-state index in [1.165, 1.54) is 12.8 Å². The van der Waals surface area contributed by atoms with Crippen LogP contribution in [0.15, 0.2) is 4.99 Å². The Balaban J connectivity index is 0.00000341. The first kappa shape index (κ1) is 26.6. The number of piperazine rings is 1. The van der Waals surface area contributed by atoms with E-state index >= 15 is 0 Å². The molecule has 1 unspecified atom stereocenters.